The summed E-state index contributed by atoms with van der Waals surface area (Å²) in [6.07, 6.45) is -10.2. The molecule has 37 heavy (non-hydrogen) atoms. The van der Waals surface area contributed by atoms with E-state index in [1.54, 1.807) is 39.0 Å². The number of benzene rings is 1. The Bertz CT molecular complexity index is 1270. The molecule has 0 unspecified atom stereocenters. The van der Waals surface area contributed by atoms with Gasteiger partial charge in [-0.2, -0.15) is 31.5 Å². The number of hydrogen-bond acceptors (Lipinski definition) is 8. The molecule has 0 atom stereocenters. The zero-order chi connectivity index (χ0) is 27.4. The van der Waals surface area contributed by atoms with Gasteiger partial charge in [-0.15, -0.1) is 5.11 Å². The van der Waals surface area contributed by atoms with Gasteiger partial charge in [0.2, 0.25) is 0 Å². The summed E-state index contributed by atoms with van der Waals surface area (Å²) in [5, 5.41) is 7.40. The van der Waals surface area contributed by atoms with E-state index in [9.17, 15) is 31.1 Å². The van der Waals surface area contributed by atoms with Crippen molar-refractivity contribution < 1.29 is 35.9 Å². The van der Waals surface area contributed by atoms with E-state index in [1.165, 1.54) is 12.1 Å². The van der Waals surface area contributed by atoms with E-state index in [2.05, 4.69) is 30.6 Å². The number of rotatable bonds is 5. The van der Waals surface area contributed by atoms with Gasteiger partial charge in [0, 0.05) is 11.8 Å². The first-order valence-electron chi connectivity index (χ1n) is 10.4. The molecule has 2 heterocycles. The Morgan fingerprint density at radius 1 is 0.892 bits per heavy atom. The maximum atomic E-state index is 14.0. The van der Waals surface area contributed by atoms with Crippen LogP contribution >= 0.6 is 0 Å². The third kappa shape index (κ3) is 7.59. The maximum absolute atomic E-state index is 14.0. The first-order valence-corrected chi connectivity index (χ1v) is 10.4. The average molecular weight is 527 g/mol. The molecule has 0 saturated carbocycles. The highest BCUT2D eigenvalue weighted by molar-refractivity contribution is 5.73. The van der Waals surface area contributed by atoms with E-state index >= 15 is 0 Å². The van der Waals surface area contributed by atoms with Crippen molar-refractivity contribution in [3.63, 3.8) is 0 Å². The van der Waals surface area contributed by atoms with Crippen LogP contribution in [0.5, 0.6) is 0 Å². The number of nitrogens with one attached hydrogen (secondary N) is 2. The van der Waals surface area contributed by atoms with Gasteiger partial charge < -0.3 is 4.74 Å². The monoisotopic (exact) mass is 527 g/mol. The van der Waals surface area contributed by atoms with Crippen LogP contribution in [0.3, 0.4) is 0 Å². The van der Waals surface area contributed by atoms with E-state index in [4.69, 9.17) is 4.74 Å². The lowest BCUT2D eigenvalue weighted by Crippen LogP contribution is -2.36. The lowest BCUT2D eigenvalue weighted by molar-refractivity contribution is -0.141. The van der Waals surface area contributed by atoms with Gasteiger partial charge in [-0.3, -0.25) is 10.4 Å². The first kappa shape index (κ1) is 27.3. The third-order valence-corrected chi connectivity index (χ3v) is 4.17. The lowest BCUT2D eigenvalue weighted by Gasteiger charge is -2.20. The summed E-state index contributed by atoms with van der Waals surface area (Å²) in [6, 6.07) is 9.22. The number of hydrazine groups is 1. The molecule has 196 valence electrons. The smallest absolute Gasteiger partial charge is 0.435 e. The largest absolute Gasteiger partial charge is 0.443 e. The molecule has 3 aromatic rings. The van der Waals surface area contributed by atoms with Gasteiger partial charge in [0.05, 0.1) is 5.69 Å². The quantitative estimate of drug-likeness (QED) is 0.213. The molecule has 0 radical (unpaired) electrons. The molecule has 0 aliphatic heterocycles. The number of ether oxygens (including phenoxy) is 1. The highest BCUT2D eigenvalue weighted by Crippen LogP contribution is 2.40. The number of anilines is 1. The van der Waals surface area contributed by atoms with Gasteiger partial charge in [-0.1, -0.05) is 18.2 Å². The van der Waals surface area contributed by atoms with E-state index in [1.807, 2.05) is 5.43 Å². The highest BCUT2D eigenvalue weighted by Gasteiger charge is 2.39. The zero-order valence-corrected chi connectivity index (χ0v) is 19.4. The van der Waals surface area contributed by atoms with Gasteiger partial charge in [-0.25, -0.2) is 20.2 Å². The number of pyridine rings is 1. The second kappa shape index (κ2) is 10.4. The van der Waals surface area contributed by atoms with Crippen LogP contribution in [-0.2, 0) is 17.1 Å². The van der Waals surface area contributed by atoms with Crippen molar-refractivity contribution in [2.24, 2.45) is 10.2 Å². The topological polar surface area (TPSA) is 114 Å². The number of hydrogen-bond donors (Lipinski definition) is 2. The zero-order valence-electron chi connectivity index (χ0n) is 19.4. The van der Waals surface area contributed by atoms with E-state index in [0.717, 1.165) is 6.07 Å². The predicted octanol–water partition coefficient (Wildman–Crippen LogP) is 6.84. The number of amides is 1. The van der Waals surface area contributed by atoms with Gasteiger partial charge in [-0.05, 0) is 45.0 Å². The molecule has 0 spiro atoms. The fourth-order valence-electron chi connectivity index (χ4n) is 2.67. The van der Waals surface area contributed by atoms with Crippen molar-refractivity contribution >= 4 is 23.3 Å². The maximum Gasteiger partial charge on any atom is 0.435 e. The molecule has 15 heteroatoms. The molecule has 0 fully saturated rings. The summed E-state index contributed by atoms with van der Waals surface area (Å²) in [6.45, 7) is 4.69. The Morgan fingerprint density at radius 3 is 2.11 bits per heavy atom. The highest BCUT2D eigenvalue weighted by atomic mass is 19.4. The summed E-state index contributed by atoms with van der Waals surface area (Å²) in [5.41, 5.74) is -0.451. The van der Waals surface area contributed by atoms with Gasteiger partial charge in [0.1, 0.15) is 11.3 Å². The molecule has 9 nitrogen and oxygen atoms in total. The molecule has 0 bridgehead atoms. The van der Waals surface area contributed by atoms with Crippen molar-refractivity contribution in [2.45, 2.75) is 38.7 Å². The number of azo groups is 1. The second-order valence-corrected chi connectivity index (χ2v) is 8.31. The molecule has 3 rings (SSSR count). The van der Waals surface area contributed by atoms with Gasteiger partial charge in [0.25, 0.3) is 0 Å². The minimum absolute atomic E-state index is 0.206. The van der Waals surface area contributed by atoms with Crippen LogP contribution in [-0.4, -0.2) is 26.6 Å². The van der Waals surface area contributed by atoms with E-state index in [0.29, 0.717) is 12.3 Å². The van der Waals surface area contributed by atoms with Crippen LogP contribution < -0.4 is 10.9 Å². The van der Waals surface area contributed by atoms with Crippen molar-refractivity contribution in [3.8, 4) is 11.4 Å². The molecule has 0 saturated heterocycles. The molecular formula is C22H19F6N7O2. The molecule has 1 aromatic carbocycles. The number of aromatic nitrogens is 3. The lowest BCUT2D eigenvalue weighted by atomic mass is 10.2. The van der Waals surface area contributed by atoms with Gasteiger partial charge in [0.15, 0.2) is 23.0 Å². The molecule has 0 aliphatic rings. The van der Waals surface area contributed by atoms with E-state index in [-0.39, 0.29) is 11.3 Å². The Kier molecular flexibility index (Phi) is 7.64. The van der Waals surface area contributed by atoms with E-state index < -0.39 is 52.8 Å². The number of nitrogens with zero attached hydrogens (tertiary/aromatic N) is 5. The number of alkyl halides is 6. The SMILES string of the molecule is CC(C)(C)OC(=O)NNc1nc(-c2ccc(C(F)(F)F)nc2)nc(C(F)(F)F)c1/N=N/c1ccccc1. The number of carbonyl (C=O) groups excluding carboxylic acids is 1. The van der Waals surface area contributed by atoms with Crippen molar-refractivity contribution in [1.82, 2.24) is 20.4 Å². The number of carbonyl (C=O) groups is 1. The third-order valence-electron chi connectivity index (χ3n) is 4.17. The predicted molar refractivity (Wildman–Crippen MR) is 119 cm³/mol. The van der Waals surface area contributed by atoms with Crippen LogP contribution in [0, 0.1) is 0 Å². The molecule has 1 amide bonds. The van der Waals surface area contributed by atoms with Crippen LogP contribution in [0.4, 0.5) is 48.3 Å². The fraction of sp³-hybridized carbons (Fsp3) is 0.273. The van der Waals surface area contributed by atoms with Gasteiger partial charge >= 0.3 is 18.4 Å². The average Bonchev–Trinajstić information content (AvgIpc) is 2.79. The molecule has 2 N–H and O–H groups in total. The normalized spacial score (nSPS) is 12.5. The van der Waals surface area contributed by atoms with Crippen LogP contribution in [0.2, 0.25) is 0 Å². The molecular weight excluding hydrogens is 508 g/mol. The Hall–Kier alpha value is -4.30. The molecule has 2 aromatic heterocycles. The standard InChI is InChI=1S/C22H19F6N7O2/c1-20(2,3)37-19(36)35-34-18-15(33-32-13-7-5-4-6-8-13)16(22(26,27)28)30-17(31-18)12-9-10-14(29-11-12)21(23,24)25/h4-11H,1-3H3,(H,35,36)(H,30,31,34)/b33-32+. The summed E-state index contributed by atoms with van der Waals surface area (Å²) in [4.78, 5) is 22.7. The summed E-state index contributed by atoms with van der Waals surface area (Å²) in [7, 11) is 0. The minimum atomic E-state index is -5.09. The van der Waals surface area contributed by atoms with Crippen LogP contribution in [0.25, 0.3) is 11.4 Å². The summed E-state index contributed by atoms with van der Waals surface area (Å²) >= 11 is 0. The molecule has 0 aliphatic carbocycles. The Balaban J connectivity index is 2.11. The first-order chi connectivity index (χ1) is 17.1. The van der Waals surface area contributed by atoms with Crippen LogP contribution in [0.15, 0.2) is 58.9 Å². The van der Waals surface area contributed by atoms with Crippen LogP contribution in [0.1, 0.15) is 32.2 Å². The second-order valence-electron chi connectivity index (χ2n) is 8.31. The summed E-state index contributed by atoms with van der Waals surface area (Å²) in [5.74, 6) is -1.29. The number of halogens is 6. The summed E-state index contributed by atoms with van der Waals surface area (Å²) < 4.78 is 85.6. The fourth-order valence-corrected chi connectivity index (χ4v) is 2.67. The van der Waals surface area contributed by atoms with Crippen molar-refractivity contribution in [3.05, 3.63) is 60.0 Å². The van der Waals surface area contributed by atoms with Crippen molar-refractivity contribution in [2.75, 3.05) is 5.43 Å². The Labute approximate surface area is 206 Å². The van der Waals surface area contributed by atoms with Crippen molar-refractivity contribution in [1.29, 1.82) is 0 Å². The minimum Gasteiger partial charge on any atom is -0.443 e. The Morgan fingerprint density at radius 2 is 1.57 bits per heavy atom.